The number of hydrogen-bond donors (Lipinski definition) is 1. The van der Waals surface area contributed by atoms with Crippen LogP contribution in [0.5, 0.6) is 0 Å². The van der Waals surface area contributed by atoms with Crippen LogP contribution < -0.4 is 5.32 Å². The molecule has 1 aromatic heterocycles. The Kier molecular flexibility index (Phi) is 2.97. The van der Waals surface area contributed by atoms with Gasteiger partial charge in [0, 0.05) is 24.5 Å². The molecule has 1 N–H and O–H groups in total. The number of hydrogen-bond acceptors (Lipinski definition) is 3. The summed E-state index contributed by atoms with van der Waals surface area (Å²) in [4.78, 5) is 4.03. The highest BCUT2D eigenvalue weighted by Gasteiger charge is 2.33. The number of aromatic nitrogens is 2. The van der Waals surface area contributed by atoms with E-state index in [1.807, 2.05) is 17.7 Å². The smallest absolute Gasteiger partial charge is 0.106 e. The van der Waals surface area contributed by atoms with Crippen LogP contribution in [0, 0.1) is 11.3 Å². The van der Waals surface area contributed by atoms with Crippen molar-refractivity contribution in [3.63, 3.8) is 0 Å². The summed E-state index contributed by atoms with van der Waals surface area (Å²) in [5.74, 6) is 0. The molecule has 1 aromatic rings. The summed E-state index contributed by atoms with van der Waals surface area (Å²) in [6.07, 6.45) is 8.73. The van der Waals surface area contributed by atoms with Crippen LogP contribution in [0.15, 0.2) is 18.7 Å². The van der Waals surface area contributed by atoms with Crippen LogP contribution in [-0.4, -0.2) is 21.1 Å². The van der Waals surface area contributed by atoms with Gasteiger partial charge in [0.25, 0.3) is 0 Å². The summed E-state index contributed by atoms with van der Waals surface area (Å²) in [5, 5.41) is 12.7. The lowest BCUT2D eigenvalue weighted by Crippen LogP contribution is -2.43. The molecule has 4 heteroatoms. The van der Waals surface area contributed by atoms with Gasteiger partial charge in [0.15, 0.2) is 0 Å². The minimum Gasteiger partial charge on any atom is -0.335 e. The highest BCUT2D eigenvalue weighted by molar-refractivity contribution is 5.08. The molecular formula is C12H18N4. The van der Waals surface area contributed by atoms with Crippen molar-refractivity contribution in [1.82, 2.24) is 14.9 Å². The maximum atomic E-state index is 9.27. The molecule has 0 aromatic carbocycles. The number of nitrogens with one attached hydrogen (secondary N) is 1. The first-order chi connectivity index (χ1) is 7.63. The fourth-order valence-electron chi connectivity index (χ4n) is 2.04. The van der Waals surface area contributed by atoms with Crippen molar-refractivity contribution in [2.24, 2.45) is 0 Å². The van der Waals surface area contributed by atoms with Crippen LogP contribution >= 0.6 is 0 Å². The first-order valence-electron chi connectivity index (χ1n) is 5.79. The molecule has 0 spiro atoms. The van der Waals surface area contributed by atoms with Gasteiger partial charge in [0.2, 0.25) is 0 Å². The summed E-state index contributed by atoms with van der Waals surface area (Å²) in [7, 11) is 0. The Morgan fingerprint density at radius 3 is 2.94 bits per heavy atom. The topological polar surface area (TPSA) is 53.6 Å². The van der Waals surface area contributed by atoms with E-state index >= 15 is 0 Å². The molecule has 1 aliphatic rings. The van der Waals surface area contributed by atoms with Crippen molar-refractivity contribution in [2.45, 2.75) is 50.7 Å². The zero-order chi connectivity index (χ0) is 11.6. The molecule has 2 unspecified atom stereocenters. The van der Waals surface area contributed by atoms with E-state index in [0.717, 1.165) is 6.42 Å². The Balaban J connectivity index is 1.97. The molecule has 0 saturated heterocycles. The van der Waals surface area contributed by atoms with Crippen molar-refractivity contribution in [1.29, 1.82) is 5.26 Å². The fourth-order valence-corrected chi connectivity index (χ4v) is 2.04. The molecule has 0 bridgehead atoms. The molecule has 1 fully saturated rings. The van der Waals surface area contributed by atoms with E-state index in [2.05, 4.69) is 23.3 Å². The maximum Gasteiger partial charge on any atom is 0.106 e. The van der Waals surface area contributed by atoms with Gasteiger partial charge >= 0.3 is 0 Å². The molecule has 2 rings (SSSR count). The van der Waals surface area contributed by atoms with Crippen LogP contribution in [0.3, 0.4) is 0 Å². The molecule has 86 valence electrons. The minimum absolute atomic E-state index is 0.290. The standard InChI is InChI=1S/C12H18N4/c1-10(16-6-5-14-9-16)7-12(2,8-13)15-11-3-4-11/h5-6,9-11,15H,3-4,7H2,1-2H3. The van der Waals surface area contributed by atoms with Crippen molar-refractivity contribution in [2.75, 3.05) is 0 Å². The van der Waals surface area contributed by atoms with E-state index in [1.54, 1.807) is 12.5 Å². The van der Waals surface area contributed by atoms with Gasteiger partial charge in [-0.1, -0.05) is 0 Å². The van der Waals surface area contributed by atoms with Gasteiger partial charge < -0.3 is 4.57 Å². The second-order valence-electron chi connectivity index (χ2n) is 4.93. The van der Waals surface area contributed by atoms with E-state index in [-0.39, 0.29) is 0 Å². The lowest BCUT2D eigenvalue weighted by Gasteiger charge is -2.27. The van der Waals surface area contributed by atoms with Gasteiger partial charge in [-0.3, -0.25) is 5.32 Å². The molecule has 1 saturated carbocycles. The van der Waals surface area contributed by atoms with Gasteiger partial charge in [-0.15, -0.1) is 0 Å². The second kappa shape index (κ2) is 4.26. The average Bonchev–Trinajstić information content (AvgIpc) is 2.88. The van der Waals surface area contributed by atoms with Gasteiger partial charge in [-0.05, 0) is 33.1 Å². The number of rotatable bonds is 5. The van der Waals surface area contributed by atoms with Crippen LogP contribution in [0.25, 0.3) is 0 Å². The van der Waals surface area contributed by atoms with E-state index < -0.39 is 5.54 Å². The van der Waals surface area contributed by atoms with E-state index in [4.69, 9.17) is 0 Å². The zero-order valence-electron chi connectivity index (χ0n) is 9.85. The van der Waals surface area contributed by atoms with Crippen LogP contribution in [0.4, 0.5) is 0 Å². The van der Waals surface area contributed by atoms with Crippen LogP contribution in [0.1, 0.15) is 39.2 Å². The molecule has 0 aliphatic heterocycles. The van der Waals surface area contributed by atoms with E-state index in [9.17, 15) is 5.26 Å². The Bertz CT molecular complexity index is 374. The molecule has 2 atom stereocenters. The molecular weight excluding hydrogens is 200 g/mol. The first-order valence-corrected chi connectivity index (χ1v) is 5.79. The second-order valence-corrected chi connectivity index (χ2v) is 4.93. The third-order valence-corrected chi connectivity index (χ3v) is 3.08. The van der Waals surface area contributed by atoms with Gasteiger partial charge in [-0.2, -0.15) is 5.26 Å². The highest BCUT2D eigenvalue weighted by atomic mass is 15.1. The molecule has 4 nitrogen and oxygen atoms in total. The summed E-state index contributed by atoms with van der Waals surface area (Å²) < 4.78 is 2.05. The largest absolute Gasteiger partial charge is 0.335 e. The fraction of sp³-hybridized carbons (Fsp3) is 0.667. The van der Waals surface area contributed by atoms with Gasteiger partial charge in [-0.25, -0.2) is 4.98 Å². The predicted molar refractivity (Wildman–Crippen MR) is 61.7 cm³/mol. The van der Waals surface area contributed by atoms with Gasteiger partial charge in [0.05, 0.1) is 12.4 Å². The molecule has 1 heterocycles. The Labute approximate surface area is 96.3 Å². The van der Waals surface area contributed by atoms with E-state index in [1.165, 1.54) is 12.8 Å². The summed E-state index contributed by atoms with van der Waals surface area (Å²) in [5.41, 5.74) is -0.426. The van der Waals surface area contributed by atoms with Crippen molar-refractivity contribution in [3.8, 4) is 6.07 Å². The molecule has 16 heavy (non-hydrogen) atoms. The van der Waals surface area contributed by atoms with Crippen molar-refractivity contribution >= 4 is 0 Å². The normalized spacial score (nSPS) is 21.1. The molecule has 1 aliphatic carbocycles. The summed E-state index contributed by atoms with van der Waals surface area (Å²) >= 11 is 0. The Hall–Kier alpha value is -1.34. The first kappa shape index (κ1) is 11.2. The molecule has 0 radical (unpaired) electrons. The summed E-state index contributed by atoms with van der Waals surface area (Å²) in [6, 6.07) is 3.24. The minimum atomic E-state index is -0.426. The quantitative estimate of drug-likeness (QED) is 0.820. The number of nitrogens with zero attached hydrogens (tertiary/aromatic N) is 3. The third kappa shape index (κ3) is 2.61. The third-order valence-electron chi connectivity index (χ3n) is 3.08. The van der Waals surface area contributed by atoms with E-state index in [0.29, 0.717) is 12.1 Å². The maximum absolute atomic E-state index is 9.27. The lowest BCUT2D eigenvalue weighted by molar-refractivity contribution is 0.345. The van der Waals surface area contributed by atoms with Crippen molar-refractivity contribution in [3.05, 3.63) is 18.7 Å². The summed E-state index contributed by atoms with van der Waals surface area (Å²) in [6.45, 7) is 4.10. The SMILES string of the molecule is CC(CC(C)(C#N)NC1CC1)n1ccnc1. The highest BCUT2D eigenvalue weighted by Crippen LogP contribution is 2.27. The lowest BCUT2D eigenvalue weighted by atomic mass is 9.95. The Morgan fingerprint density at radius 1 is 1.69 bits per heavy atom. The number of imidazole rings is 1. The van der Waals surface area contributed by atoms with Gasteiger partial charge in [0.1, 0.15) is 5.54 Å². The molecule has 0 amide bonds. The van der Waals surface area contributed by atoms with Crippen molar-refractivity contribution < 1.29 is 0 Å². The van der Waals surface area contributed by atoms with Crippen LogP contribution in [-0.2, 0) is 0 Å². The Morgan fingerprint density at radius 2 is 2.44 bits per heavy atom. The number of nitriles is 1. The predicted octanol–water partition coefficient (Wildman–Crippen LogP) is 1.87. The zero-order valence-corrected chi connectivity index (χ0v) is 9.85. The average molecular weight is 218 g/mol. The van der Waals surface area contributed by atoms with Crippen LogP contribution in [0.2, 0.25) is 0 Å². The monoisotopic (exact) mass is 218 g/mol.